The van der Waals surface area contributed by atoms with Crippen LogP contribution >= 0.6 is 0 Å². The SMILES string of the molecule is CCC1(Oc2ccc(C(=O)OC(c3ccccc3)C(F)(F)C(=O)[O-])cc2)CCCCC1. The molecule has 1 fully saturated rings. The first-order chi connectivity index (χ1) is 14.8. The number of carboxylic acids is 1. The van der Waals surface area contributed by atoms with Crippen LogP contribution in [0.1, 0.15) is 67.5 Å². The van der Waals surface area contributed by atoms with Crippen molar-refractivity contribution >= 4 is 11.9 Å². The van der Waals surface area contributed by atoms with Gasteiger partial charge in [0, 0.05) is 0 Å². The number of ether oxygens (including phenoxy) is 2. The molecule has 166 valence electrons. The molecular formula is C24H25F2O5-. The fraction of sp³-hybridized carbons (Fsp3) is 0.417. The number of aliphatic carboxylic acids is 1. The number of alkyl halides is 2. The predicted molar refractivity (Wildman–Crippen MR) is 108 cm³/mol. The first kappa shape index (κ1) is 22.7. The van der Waals surface area contributed by atoms with Gasteiger partial charge in [-0.05, 0) is 61.9 Å². The summed E-state index contributed by atoms with van der Waals surface area (Å²) in [5.41, 5.74) is -0.362. The lowest BCUT2D eigenvalue weighted by Crippen LogP contribution is -2.47. The van der Waals surface area contributed by atoms with E-state index in [2.05, 4.69) is 6.92 Å². The number of hydrogen-bond donors (Lipinski definition) is 0. The number of hydrogen-bond acceptors (Lipinski definition) is 5. The molecule has 0 N–H and O–H groups in total. The average Bonchev–Trinajstić information content (AvgIpc) is 2.78. The monoisotopic (exact) mass is 431 g/mol. The summed E-state index contributed by atoms with van der Waals surface area (Å²) in [5.74, 6) is -7.49. The minimum atomic E-state index is -4.39. The van der Waals surface area contributed by atoms with Crippen LogP contribution in [0.2, 0.25) is 0 Å². The van der Waals surface area contributed by atoms with Crippen LogP contribution in [0, 0.1) is 0 Å². The number of esters is 1. The highest BCUT2D eigenvalue weighted by molar-refractivity contribution is 5.90. The van der Waals surface area contributed by atoms with E-state index in [1.165, 1.54) is 42.8 Å². The molecule has 1 unspecified atom stereocenters. The standard InChI is InChI=1S/C24H26F2O5/c1-2-23(15-7-4-8-16-23)31-19-13-11-18(12-14-19)21(27)30-20(24(25,26)22(28)29)17-9-5-3-6-10-17/h3,5-6,9-14,20H,2,4,7-8,15-16H2,1H3,(H,28,29)/p-1. The molecule has 0 spiro atoms. The zero-order valence-corrected chi connectivity index (χ0v) is 17.3. The van der Waals surface area contributed by atoms with E-state index < -0.39 is 24.0 Å². The molecular weight excluding hydrogens is 406 g/mol. The fourth-order valence-electron chi connectivity index (χ4n) is 3.89. The number of benzene rings is 2. The van der Waals surface area contributed by atoms with Gasteiger partial charge in [0.15, 0.2) is 6.10 Å². The summed E-state index contributed by atoms with van der Waals surface area (Å²) in [7, 11) is 0. The molecule has 0 aliphatic heterocycles. The molecule has 0 bridgehead atoms. The molecule has 7 heteroatoms. The Morgan fingerprint density at radius 2 is 1.65 bits per heavy atom. The van der Waals surface area contributed by atoms with Crippen LogP contribution in [-0.2, 0) is 9.53 Å². The van der Waals surface area contributed by atoms with Gasteiger partial charge in [0.1, 0.15) is 17.3 Å². The van der Waals surface area contributed by atoms with Gasteiger partial charge in [-0.15, -0.1) is 0 Å². The van der Waals surface area contributed by atoms with Crippen LogP contribution in [0.3, 0.4) is 0 Å². The molecule has 1 atom stereocenters. The summed E-state index contributed by atoms with van der Waals surface area (Å²) in [6.45, 7) is 2.08. The van der Waals surface area contributed by atoms with Crippen molar-refractivity contribution in [1.82, 2.24) is 0 Å². The number of carbonyl (C=O) groups excluding carboxylic acids is 2. The van der Waals surface area contributed by atoms with Crippen LogP contribution in [0.25, 0.3) is 0 Å². The Hall–Kier alpha value is -2.96. The zero-order chi connectivity index (χ0) is 22.5. The molecule has 3 rings (SSSR count). The third-order valence-corrected chi connectivity index (χ3v) is 5.76. The molecule has 0 radical (unpaired) electrons. The Labute approximate surface area is 180 Å². The van der Waals surface area contributed by atoms with E-state index in [0.717, 1.165) is 32.1 Å². The number of halogens is 2. The van der Waals surface area contributed by atoms with Crippen molar-refractivity contribution in [3.63, 3.8) is 0 Å². The maximum Gasteiger partial charge on any atom is 0.338 e. The summed E-state index contributed by atoms with van der Waals surface area (Å²) < 4.78 is 39.6. The highest BCUT2D eigenvalue weighted by atomic mass is 19.3. The van der Waals surface area contributed by atoms with Crippen LogP contribution in [-0.4, -0.2) is 23.5 Å². The Balaban J connectivity index is 1.76. The van der Waals surface area contributed by atoms with Gasteiger partial charge in [0.05, 0.1) is 5.56 Å². The van der Waals surface area contributed by atoms with Gasteiger partial charge in [-0.25, -0.2) is 4.79 Å². The Morgan fingerprint density at radius 3 is 2.19 bits per heavy atom. The van der Waals surface area contributed by atoms with E-state index in [0.29, 0.717) is 5.75 Å². The van der Waals surface area contributed by atoms with Crippen molar-refractivity contribution in [3.05, 3.63) is 65.7 Å². The van der Waals surface area contributed by atoms with Gasteiger partial charge < -0.3 is 19.4 Å². The molecule has 0 saturated heterocycles. The van der Waals surface area contributed by atoms with Crippen LogP contribution in [0.5, 0.6) is 5.75 Å². The Morgan fingerprint density at radius 1 is 1.03 bits per heavy atom. The van der Waals surface area contributed by atoms with Crippen LogP contribution < -0.4 is 9.84 Å². The van der Waals surface area contributed by atoms with E-state index in [-0.39, 0.29) is 16.7 Å². The van der Waals surface area contributed by atoms with E-state index in [1.54, 1.807) is 18.2 Å². The number of carboxylic acid groups (broad SMARTS) is 1. The second-order valence-corrected chi connectivity index (χ2v) is 7.83. The lowest BCUT2D eigenvalue weighted by atomic mass is 9.82. The molecule has 0 heterocycles. The summed E-state index contributed by atoms with van der Waals surface area (Å²) in [4.78, 5) is 23.5. The maximum absolute atomic E-state index is 14.2. The normalized spacial score (nSPS) is 16.9. The van der Waals surface area contributed by atoms with Gasteiger partial charge in [-0.2, -0.15) is 8.78 Å². The van der Waals surface area contributed by atoms with Crippen molar-refractivity contribution in [2.24, 2.45) is 0 Å². The second-order valence-electron chi connectivity index (χ2n) is 7.83. The van der Waals surface area contributed by atoms with E-state index >= 15 is 0 Å². The first-order valence-electron chi connectivity index (χ1n) is 10.4. The molecule has 2 aromatic carbocycles. The van der Waals surface area contributed by atoms with Gasteiger partial charge in [0.2, 0.25) is 0 Å². The van der Waals surface area contributed by atoms with Crippen LogP contribution in [0.4, 0.5) is 8.78 Å². The number of carbonyl (C=O) groups is 2. The van der Waals surface area contributed by atoms with Gasteiger partial charge >= 0.3 is 11.9 Å². The lowest BCUT2D eigenvalue weighted by molar-refractivity contribution is -0.336. The topological polar surface area (TPSA) is 75.7 Å². The lowest BCUT2D eigenvalue weighted by Gasteiger charge is -2.37. The van der Waals surface area contributed by atoms with Gasteiger partial charge in [0.25, 0.3) is 0 Å². The van der Waals surface area contributed by atoms with Crippen molar-refractivity contribution in [2.75, 3.05) is 0 Å². The third-order valence-electron chi connectivity index (χ3n) is 5.76. The maximum atomic E-state index is 14.2. The minimum absolute atomic E-state index is 0.0108. The largest absolute Gasteiger partial charge is 0.544 e. The van der Waals surface area contributed by atoms with Gasteiger partial charge in [-0.1, -0.05) is 43.7 Å². The first-order valence-corrected chi connectivity index (χ1v) is 10.4. The summed E-state index contributed by atoms with van der Waals surface area (Å²) in [6, 6.07) is 13.0. The third kappa shape index (κ3) is 5.21. The van der Waals surface area contributed by atoms with Crippen molar-refractivity contribution < 1.29 is 33.0 Å². The Bertz CT molecular complexity index is 890. The minimum Gasteiger partial charge on any atom is -0.544 e. The molecule has 1 aliphatic carbocycles. The Kier molecular flexibility index (Phi) is 6.93. The van der Waals surface area contributed by atoms with E-state index in [1.807, 2.05) is 0 Å². The van der Waals surface area contributed by atoms with Crippen molar-refractivity contribution in [1.29, 1.82) is 0 Å². The zero-order valence-electron chi connectivity index (χ0n) is 17.3. The highest BCUT2D eigenvalue weighted by Gasteiger charge is 2.45. The summed E-state index contributed by atoms with van der Waals surface area (Å²) >= 11 is 0. The van der Waals surface area contributed by atoms with Gasteiger partial charge in [-0.3, -0.25) is 0 Å². The average molecular weight is 431 g/mol. The smallest absolute Gasteiger partial charge is 0.338 e. The molecule has 0 aromatic heterocycles. The molecule has 5 nitrogen and oxygen atoms in total. The second kappa shape index (κ2) is 9.45. The van der Waals surface area contributed by atoms with Crippen molar-refractivity contribution in [2.45, 2.75) is 63.1 Å². The fourth-order valence-corrected chi connectivity index (χ4v) is 3.89. The van der Waals surface area contributed by atoms with Crippen LogP contribution in [0.15, 0.2) is 54.6 Å². The highest BCUT2D eigenvalue weighted by Crippen LogP contribution is 2.37. The quantitative estimate of drug-likeness (QED) is 0.577. The molecule has 1 aliphatic rings. The molecule has 31 heavy (non-hydrogen) atoms. The molecule has 2 aromatic rings. The summed E-state index contributed by atoms with van der Waals surface area (Å²) in [5, 5.41) is 11.0. The molecule has 0 amide bonds. The van der Waals surface area contributed by atoms with E-state index in [4.69, 9.17) is 9.47 Å². The predicted octanol–water partition coefficient (Wildman–Crippen LogP) is 4.46. The molecule has 1 saturated carbocycles. The number of rotatable bonds is 8. The summed E-state index contributed by atoms with van der Waals surface area (Å²) in [6.07, 6.45) is 3.88. The van der Waals surface area contributed by atoms with E-state index in [9.17, 15) is 23.5 Å². The van der Waals surface area contributed by atoms with Crippen molar-refractivity contribution in [3.8, 4) is 5.75 Å².